The molecule has 0 saturated heterocycles. The summed E-state index contributed by atoms with van der Waals surface area (Å²) in [6.07, 6.45) is 2.96. The number of fused-ring (bicyclic) bond motifs is 1. The zero-order chi connectivity index (χ0) is 14.7. The molecule has 0 bridgehead atoms. The van der Waals surface area contributed by atoms with E-state index in [2.05, 4.69) is 20.2 Å². The number of hydrogen-bond acceptors (Lipinski definition) is 6. The Morgan fingerprint density at radius 1 is 0.810 bits per heavy atom. The minimum atomic E-state index is 0.472. The summed E-state index contributed by atoms with van der Waals surface area (Å²) in [6.45, 7) is 0. The maximum atomic E-state index is 10.3. The maximum absolute atomic E-state index is 10.3. The average Bonchev–Trinajstić information content (AvgIpc) is 2.92. The van der Waals surface area contributed by atoms with Crippen LogP contribution in [0.25, 0.3) is 16.7 Å². The van der Waals surface area contributed by atoms with Crippen molar-refractivity contribution in [1.29, 1.82) is 0 Å². The second-order valence-corrected chi connectivity index (χ2v) is 4.09. The van der Waals surface area contributed by atoms with Crippen LogP contribution in [0.4, 0.5) is 11.4 Å². The Morgan fingerprint density at radius 3 is 2.14 bits per heavy atom. The van der Waals surface area contributed by atoms with Crippen molar-refractivity contribution >= 4 is 34.6 Å². The minimum absolute atomic E-state index is 0.472. The molecule has 0 unspecified atom stereocenters. The van der Waals surface area contributed by atoms with E-state index in [1.165, 1.54) is 17.0 Å². The van der Waals surface area contributed by atoms with Gasteiger partial charge in [0, 0.05) is 0 Å². The third kappa shape index (κ3) is 2.50. The zero-order valence-corrected chi connectivity index (χ0v) is 10.6. The molecule has 7 nitrogen and oxygen atoms in total. The highest BCUT2D eigenvalue weighted by atomic mass is 16.1. The first kappa shape index (κ1) is 12.6. The highest BCUT2D eigenvalue weighted by Gasteiger charge is 2.05. The average molecular weight is 277 g/mol. The Bertz CT molecular complexity index is 901. The summed E-state index contributed by atoms with van der Waals surface area (Å²) in [6, 6.07) is 11.8. The van der Waals surface area contributed by atoms with E-state index in [-0.39, 0.29) is 0 Å². The highest BCUT2D eigenvalue weighted by molar-refractivity contribution is 5.78. The van der Waals surface area contributed by atoms with Crippen molar-refractivity contribution in [3.63, 3.8) is 0 Å². The molecule has 0 atom stereocenters. The van der Waals surface area contributed by atoms with Crippen molar-refractivity contribution in [2.24, 2.45) is 9.98 Å². The standard InChI is InChI=1S/C14H7N5O2/c20-8-15-10-1-4-12(5-2-10)19-17-13-6-3-11(16-9-21)7-14(13)18-19/h1-7H. The van der Waals surface area contributed by atoms with Crippen molar-refractivity contribution in [2.75, 3.05) is 0 Å². The van der Waals surface area contributed by atoms with Gasteiger partial charge in [-0.3, -0.25) is 0 Å². The maximum Gasteiger partial charge on any atom is 0.240 e. The minimum Gasteiger partial charge on any atom is -0.211 e. The fourth-order valence-electron chi connectivity index (χ4n) is 1.85. The first-order valence-corrected chi connectivity index (χ1v) is 5.93. The number of carbonyl (C=O) groups excluding carboxylic acids is 2. The summed E-state index contributed by atoms with van der Waals surface area (Å²) in [7, 11) is 0. The third-order valence-corrected chi connectivity index (χ3v) is 2.79. The van der Waals surface area contributed by atoms with Crippen molar-refractivity contribution in [3.05, 3.63) is 42.5 Å². The van der Waals surface area contributed by atoms with E-state index in [1.807, 2.05) is 0 Å². The molecule has 3 aromatic rings. The van der Waals surface area contributed by atoms with Crippen molar-refractivity contribution in [2.45, 2.75) is 0 Å². The van der Waals surface area contributed by atoms with Crippen LogP contribution in [0.5, 0.6) is 0 Å². The molecule has 21 heavy (non-hydrogen) atoms. The van der Waals surface area contributed by atoms with Gasteiger partial charge in [0.15, 0.2) is 0 Å². The van der Waals surface area contributed by atoms with Crippen LogP contribution >= 0.6 is 0 Å². The van der Waals surface area contributed by atoms with Crippen molar-refractivity contribution in [1.82, 2.24) is 15.0 Å². The molecule has 0 aliphatic heterocycles. The smallest absolute Gasteiger partial charge is 0.211 e. The number of benzene rings is 2. The van der Waals surface area contributed by atoms with Gasteiger partial charge in [-0.15, -0.1) is 10.2 Å². The van der Waals surface area contributed by atoms with E-state index in [0.717, 1.165) is 5.69 Å². The Kier molecular flexibility index (Phi) is 3.19. The van der Waals surface area contributed by atoms with Gasteiger partial charge in [-0.1, -0.05) is 0 Å². The predicted octanol–water partition coefficient (Wildman–Crippen LogP) is 2.36. The topological polar surface area (TPSA) is 89.6 Å². The Morgan fingerprint density at radius 2 is 1.43 bits per heavy atom. The number of nitrogens with zero attached hydrogens (tertiary/aromatic N) is 5. The lowest BCUT2D eigenvalue weighted by molar-refractivity contribution is 0.564. The molecule has 0 aliphatic rings. The number of isocyanates is 2. The molecule has 0 saturated carbocycles. The van der Waals surface area contributed by atoms with Crippen LogP contribution in [0.2, 0.25) is 0 Å². The van der Waals surface area contributed by atoms with Crippen LogP contribution < -0.4 is 0 Å². The molecule has 2 aromatic carbocycles. The number of aliphatic imine (C=N–C) groups is 2. The van der Waals surface area contributed by atoms with E-state index >= 15 is 0 Å². The van der Waals surface area contributed by atoms with Gasteiger partial charge in [0.1, 0.15) is 11.0 Å². The molecule has 0 N–H and O–H groups in total. The van der Waals surface area contributed by atoms with E-state index in [0.29, 0.717) is 22.4 Å². The molecular formula is C14H7N5O2. The molecule has 7 heteroatoms. The Hall–Kier alpha value is -3.40. The normalized spacial score (nSPS) is 9.90. The van der Waals surface area contributed by atoms with E-state index in [1.54, 1.807) is 42.5 Å². The third-order valence-electron chi connectivity index (χ3n) is 2.79. The van der Waals surface area contributed by atoms with Crippen LogP contribution in [0, 0.1) is 0 Å². The molecule has 0 fully saturated rings. The lowest BCUT2D eigenvalue weighted by Gasteiger charge is -1.98. The quantitative estimate of drug-likeness (QED) is 0.543. The second-order valence-electron chi connectivity index (χ2n) is 4.09. The molecular weight excluding hydrogens is 270 g/mol. The van der Waals surface area contributed by atoms with Crippen molar-refractivity contribution in [3.8, 4) is 5.69 Å². The molecule has 3 rings (SSSR count). The van der Waals surface area contributed by atoms with Gasteiger partial charge in [-0.25, -0.2) is 9.59 Å². The van der Waals surface area contributed by atoms with E-state index < -0.39 is 0 Å². The van der Waals surface area contributed by atoms with Crippen LogP contribution in [-0.2, 0) is 9.59 Å². The van der Waals surface area contributed by atoms with Crippen LogP contribution in [0.1, 0.15) is 0 Å². The first-order chi connectivity index (χ1) is 10.3. The summed E-state index contributed by atoms with van der Waals surface area (Å²) < 4.78 is 0. The van der Waals surface area contributed by atoms with Gasteiger partial charge in [-0.2, -0.15) is 14.8 Å². The molecule has 0 aliphatic carbocycles. The molecule has 1 aromatic heterocycles. The van der Waals surface area contributed by atoms with E-state index in [9.17, 15) is 9.59 Å². The largest absolute Gasteiger partial charge is 0.240 e. The highest BCUT2D eigenvalue weighted by Crippen LogP contribution is 2.20. The van der Waals surface area contributed by atoms with Crippen LogP contribution in [0.3, 0.4) is 0 Å². The summed E-state index contributed by atoms with van der Waals surface area (Å²) in [4.78, 5) is 28.9. The van der Waals surface area contributed by atoms with E-state index in [4.69, 9.17) is 0 Å². The first-order valence-electron chi connectivity index (χ1n) is 5.93. The fourth-order valence-corrected chi connectivity index (χ4v) is 1.85. The fraction of sp³-hybridized carbons (Fsp3) is 0. The molecule has 0 radical (unpaired) electrons. The van der Waals surface area contributed by atoms with Crippen LogP contribution in [0.15, 0.2) is 52.4 Å². The zero-order valence-electron chi connectivity index (χ0n) is 10.6. The van der Waals surface area contributed by atoms with Gasteiger partial charge < -0.3 is 0 Å². The summed E-state index contributed by atoms with van der Waals surface area (Å²) in [5, 5.41) is 8.63. The Labute approximate surface area is 118 Å². The molecule has 0 spiro atoms. The lowest BCUT2D eigenvalue weighted by Crippen LogP contribution is -1.97. The number of rotatable bonds is 3. The van der Waals surface area contributed by atoms with Crippen molar-refractivity contribution < 1.29 is 9.59 Å². The van der Waals surface area contributed by atoms with Gasteiger partial charge in [0.05, 0.1) is 17.1 Å². The molecule has 0 amide bonds. The second kappa shape index (κ2) is 5.30. The lowest BCUT2D eigenvalue weighted by atomic mass is 10.3. The molecule has 100 valence electrons. The number of hydrogen-bond donors (Lipinski definition) is 0. The van der Waals surface area contributed by atoms with Crippen LogP contribution in [-0.4, -0.2) is 27.2 Å². The summed E-state index contributed by atoms with van der Waals surface area (Å²) in [5.41, 5.74) is 2.99. The SMILES string of the molecule is O=C=Nc1ccc(-n2nc3ccc(N=C=O)cc3n2)cc1. The summed E-state index contributed by atoms with van der Waals surface area (Å²) >= 11 is 0. The Balaban J connectivity index is 2.03. The van der Waals surface area contributed by atoms with Gasteiger partial charge in [0.2, 0.25) is 12.2 Å². The predicted molar refractivity (Wildman–Crippen MR) is 74.4 cm³/mol. The monoisotopic (exact) mass is 277 g/mol. The van der Waals surface area contributed by atoms with Gasteiger partial charge in [0.25, 0.3) is 0 Å². The van der Waals surface area contributed by atoms with Gasteiger partial charge in [-0.05, 0) is 42.5 Å². The van der Waals surface area contributed by atoms with Gasteiger partial charge >= 0.3 is 0 Å². The summed E-state index contributed by atoms with van der Waals surface area (Å²) in [5.74, 6) is 0. The number of aromatic nitrogens is 3. The molecule has 1 heterocycles.